The van der Waals surface area contributed by atoms with Crippen LogP contribution in [0.2, 0.25) is 0 Å². The smallest absolute Gasteiger partial charge is 0.305 e. The van der Waals surface area contributed by atoms with Crippen molar-refractivity contribution in [3.63, 3.8) is 0 Å². The van der Waals surface area contributed by atoms with Gasteiger partial charge in [0.15, 0.2) is 0 Å². The number of rotatable bonds is 38. The molecule has 0 unspecified atom stereocenters. The summed E-state index contributed by atoms with van der Waals surface area (Å²) in [6.45, 7) is 5.21. The van der Waals surface area contributed by atoms with E-state index in [1.54, 1.807) is 0 Å². The fraction of sp³-hybridized carbons (Fsp3) is 0.929. The molecule has 0 atom stereocenters. The van der Waals surface area contributed by atoms with E-state index < -0.39 is 0 Å². The van der Waals surface area contributed by atoms with Gasteiger partial charge in [-0.1, -0.05) is 212 Å². The summed E-state index contributed by atoms with van der Waals surface area (Å²) in [5.74, 6) is 0.0271. The second kappa shape index (κ2) is 40.2. The number of unbranched alkanes of at least 4 members (excludes halogenated alkanes) is 32. The summed E-state index contributed by atoms with van der Waals surface area (Å²) in [7, 11) is 0. The van der Waals surface area contributed by atoms with Gasteiger partial charge in [0.25, 0.3) is 0 Å². The lowest BCUT2D eigenvalue weighted by Crippen LogP contribution is -2.05. The minimum Gasteiger partial charge on any atom is -0.466 e. The van der Waals surface area contributed by atoms with Gasteiger partial charge in [-0.15, -0.1) is 0 Å². The fourth-order valence-corrected chi connectivity index (χ4v) is 6.31. The summed E-state index contributed by atoms with van der Waals surface area (Å²) in [6, 6.07) is 0. The van der Waals surface area contributed by atoms with E-state index in [9.17, 15) is 4.79 Å². The van der Waals surface area contributed by atoms with Gasteiger partial charge >= 0.3 is 5.97 Å². The largest absolute Gasteiger partial charge is 0.466 e. The predicted octanol–water partition coefficient (Wildman–Crippen LogP) is 15.2. The first-order chi connectivity index (χ1) is 21.8. The molecule has 0 amide bonds. The molecule has 0 aromatic rings. The van der Waals surface area contributed by atoms with Gasteiger partial charge < -0.3 is 4.74 Å². The molecule has 0 rings (SSSR count). The van der Waals surface area contributed by atoms with Crippen LogP contribution in [0.15, 0.2) is 12.2 Å². The van der Waals surface area contributed by atoms with Crippen LogP contribution in [-0.2, 0) is 9.53 Å². The van der Waals surface area contributed by atoms with Crippen molar-refractivity contribution in [3.8, 4) is 0 Å². The molecule has 0 radical (unpaired) electrons. The molecular formula is C42H82O2. The lowest BCUT2D eigenvalue weighted by molar-refractivity contribution is -0.143. The monoisotopic (exact) mass is 619 g/mol. The van der Waals surface area contributed by atoms with Crippen molar-refractivity contribution < 1.29 is 9.53 Å². The van der Waals surface area contributed by atoms with Crippen LogP contribution < -0.4 is 0 Å². The quantitative estimate of drug-likeness (QED) is 0.0391. The average Bonchev–Trinajstić information content (AvgIpc) is 3.03. The molecule has 0 saturated heterocycles. The Bertz CT molecular complexity index is 554. The third kappa shape index (κ3) is 39.2. The summed E-state index contributed by atoms with van der Waals surface area (Å²) < 4.78 is 5.46. The summed E-state index contributed by atoms with van der Waals surface area (Å²) in [5.41, 5.74) is 0. The molecule has 0 N–H and O–H groups in total. The van der Waals surface area contributed by atoms with Gasteiger partial charge in [-0.05, 0) is 38.5 Å². The Labute approximate surface area is 278 Å². The average molecular weight is 619 g/mol. The molecule has 0 aliphatic heterocycles. The predicted molar refractivity (Wildman–Crippen MR) is 198 cm³/mol. The van der Waals surface area contributed by atoms with E-state index in [1.807, 2.05) is 0 Å². The number of esters is 1. The summed E-state index contributed by atoms with van der Waals surface area (Å²) in [5, 5.41) is 0. The summed E-state index contributed by atoms with van der Waals surface area (Å²) in [4.78, 5) is 12.0. The van der Waals surface area contributed by atoms with E-state index in [0.717, 1.165) is 12.8 Å². The standard InChI is InChI=1S/C42H82O2/c1-3-5-7-9-11-13-15-17-19-21-22-23-24-25-26-28-30-32-34-36-38-40-42(43)44-41-39-37-35-33-31-29-27-20-18-16-14-12-10-8-6-4-2/h17,19H,3-16,18,20-41H2,1-2H3/b19-17-. The normalized spacial score (nSPS) is 11.6. The first-order valence-corrected chi connectivity index (χ1v) is 20.6. The highest BCUT2D eigenvalue weighted by Gasteiger charge is 2.03. The maximum absolute atomic E-state index is 12.0. The van der Waals surface area contributed by atoms with E-state index in [0.29, 0.717) is 13.0 Å². The third-order valence-corrected chi connectivity index (χ3v) is 9.40. The summed E-state index contributed by atoms with van der Waals surface area (Å²) in [6.07, 6.45) is 53.0. The zero-order valence-corrected chi connectivity index (χ0v) is 30.6. The number of ether oxygens (including phenoxy) is 1. The van der Waals surface area contributed by atoms with Crippen molar-refractivity contribution >= 4 is 5.97 Å². The van der Waals surface area contributed by atoms with Gasteiger partial charge in [0.2, 0.25) is 0 Å². The molecule has 2 nitrogen and oxygen atoms in total. The van der Waals surface area contributed by atoms with Crippen molar-refractivity contribution in [2.24, 2.45) is 0 Å². The minimum atomic E-state index is 0.0271. The van der Waals surface area contributed by atoms with Gasteiger partial charge in [0.1, 0.15) is 0 Å². The van der Waals surface area contributed by atoms with Crippen molar-refractivity contribution in [2.75, 3.05) is 6.61 Å². The molecule has 2 heteroatoms. The highest BCUT2D eigenvalue weighted by Crippen LogP contribution is 2.15. The van der Waals surface area contributed by atoms with Gasteiger partial charge in [0, 0.05) is 6.42 Å². The Morgan fingerprint density at radius 3 is 0.977 bits per heavy atom. The maximum Gasteiger partial charge on any atom is 0.305 e. The van der Waals surface area contributed by atoms with Crippen LogP contribution in [0, 0.1) is 0 Å². The molecule has 0 fully saturated rings. The van der Waals surface area contributed by atoms with Crippen LogP contribution in [0.3, 0.4) is 0 Å². The number of hydrogen-bond donors (Lipinski definition) is 0. The molecule has 262 valence electrons. The number of allylic oxidation sites excluding steroid dienone is 2. The Balaban J connectivity index is 3.17. The van der Waals surface area contributed by atoms with Crippen molar-refractivity contribution in [3.05, 3.63) is 12.2 Å². The van der Waals surface area contributed by atoms with Gasteiger partial charge in [0.05, 0.1) is 6.61 Å². The van der Waals surface area contributed by atoms with Crippen LogP contribution in [0.4, 0.5) is 0 Å². The fourth-order valence-electron chi connectivity index (χ4n) is 6.31. The van der Waals surface area contributed by atoms with Crippen LogP contribution in [0.25, 0.3) is 0 Å². The lowest BCUT2D eigenvalue weighted by Gasteiger charge is -2.06. The molecule has 0 aliphatic carbocycles. The Morgan fingerprint density at radius 1 is 0.364 bits per heavy atom. The van der Waals surface area contributed by atoms with E-state index >= 15 is 0 Å². The van der Waals surface area contributed by atoms with Crippen LogP contribution in [-0.4, -0.2) is 12.6 Å². The van der Waals surface area contributed by atoms with Crippen LogP contribution in [0.1, 0.15) is 245 Å². The molecule has 0 heterocycles. The van der Waals surface area contributed by atoms with Gasteiger partial charge in [-0.25, -0.2) is 0 Å². The SMILES string of the molecule is CCCCCCCC/C=C\CCCCCCCCCCCCCC(=O)OCCCCCCCCCCCCCCCCCC. The van der Waals surface area contributed by atoms with Crippen molar-refractivity contribution in [2.45, 2.75) is 245 Å². The second-order valence-corrected chi connectivity index (χ2v) is 14.0. The minimum absolute atomic E-state index is 0.0271. The van der Waals surface area contributed by atoms with E-state index in [4.69, 9.17) is 4.74 Å². The zero-order valence-electron chi connectivity index (χ0n) is 30.6. The third-order valence-electron chi connectivity index (χ3n) is 9.40. The molecular weight excluding hydrogens is 536 g/mol. The molecule has 0 bridgehead atoms. The maximum atomic E-state index is 12.0. The van der Waals surface area contributed by atoms with Gasteiger partial charge in [-0.2, -0.15) is 0 Å². The Hall–Kier alpha value is -0.790. The number of carbonyl (C=O) groups excluding carboxylic acids is 1. The van der Waals surface area contributed by atoms with E-state index in [1.165, 1.54) is 212 Å². The second-order valence-electron chi connectivity index (χ2n) is 14.0. The van der Waals surface area contributed by atoms with Crippen molar-refractivity contribution in [1.82, 2.24) is 0 Å². The molecule has 0 saturated carbocycles. The lowest BCUT2D eigenvalue weighted by atomic mass is 10.0. The number of hydrogen-bond acceptors (Lipinski definition) is 2. The molecule has 0 aromatic carbocycles. The van der Waals surface area contributed by atoms with Gasteiger partial charge in [-0.3, -0.25) is 4.79 Å². The van der Waals surface area contributed by atoms with E-state index in [-0.39, 0.29) is 5.97 Å². The number of carbonyl (C=O) groups is 1. The van der Waals surface area contributed by atoms with Crippen molar-refractivity contribution in [1.29, 1.82) is 0 Å². The molecule has 0 aliphatic rings. The van der Waals surface area contributed by atoms with Crippen LogP contribution >= 0.6 is 0 Å². The highest BCUT2D eigenvalue weighted by atomic mass is 16.5. The summed E-state index contributed by atoms with van der Waals surface area (Å²) >= 11 is 0. The highest BCUT2D eigenvalue weighted by molar-refractivity contribution is 5.69. The van der Waals surface area contributed by atoms with Crippen LogP contribution in [0.5, 0.6) is 0 Å². The van der Waals surface area contributed by atoms with E-state index in [2.05, 4.69) is 26.0 Å². The first-order valence-electron chi connectivity index (χ1n) is 20.6. The Kier molecular flexibility index (Phi) is 39.5. The molecule has 0 spiro atoms. The molecule has 44 heavy (non-hydrogen) atoms. The topological polar surface area (TPSA) is 26.3 Å². The molecule has 0 aromatic heterocycles. The Morgan fingerprint density at radius 2 is 0.636 bits per heavy atom. The zero-order chi connectivity index (χ0) is 31.9. The first kappa shape index (κ1) is 43.2.